The Balaban J connectivity index is 1.72. The minimum Gasteiger partial charge on any atom is -0.508 e. The van der Waals surface area contributed by atoms with Crippen LogP contribution in [0.15, 0.2) is 53.3 Å². The lowest BCUT2D eigenvalue weighted by atomic mass is 10.0. The summed E-state index contributed by atoms with van der Waals surface area (Å²) in [5.41, 5.74) is 3.44. The number of nitrogens with one attached hydrogen (secondary N) is 1. The summed E-state index contributed by atoms with van der Waals surface area (Å²) in [6.07, 6.45) is 2.05. The first-order chi connectivity index (χ1) is 13.9. The van der Waals surface area contributed by atoms with E-state index in [1.54, 1.807) is 43.3 Å². The average molecular weight is 389 g/mol. The van der Waals surface area contributed by atoms with E-state index in [1.807, 2.05) is 17.0 Å². The maximum Gasteiger partial charge on any atom is 0.345 e. The Bertz CT molecular complexity index is 1140. The number of likely N-dealkylation sites (tertiary alicyclic amines) is 1. The van der Waals surface area contributed by atoms with Crippen LogP contribution in [0.25, 0.3) is 22.5 Å². The molecule has 6 heteroatoms. The number of benzene rings is 2. The molecule has 148 valence electrons. The molecule has 0 radical (unpaired) electrons. The summed E-state index contributed by atoms with van der Waals surface area (Å²) in [6, 6.07) is 14.4. The Labute approximate surface area is 168 Å². The molecular weight excluding hydrogens is 366 g/mol. The predicted octanol–water partition coefficient (Wildman–Crippen LogP) is 3.74. The Morgan fingerprint density at radius 1 is 1.17 bits per heavy atom. The highest BCUT2D eigenvalue weighted by molar-refractivity contribution is 5.95. The fourth-order valence-electron chi connectivity index (χ4n) is 3.80. The second kappa shape index (κ2) is 7.54. The van der Waals surface area contributed by atoms with Crippen LogP contribution in [0.4, 0.5) is 0 Å². The van der Waals surface area contributed by atoms with E-state index in [0.717, 1.165) is 24.9 Å². The molecule has 3 aromatic rings. The Kier molecular flexibility index (Phi) is 4.92. The summed E-state index contributed by atoms with van der Waals surface area (Å²) in [4.78, 5) is 33.8. The molecule has 2 heterocycles. The minimum absolute atomic E-state index is 0.0103. The lowest BCUT2D eigenvalue weighted by Crippen LogP contribution is -2.33. The van der Waals surface area contributed by atoms with E-state index in [2.05, 4.69) is 16.9 Å². The summed E-state index contributed by atoms with van der Waals surface area (Å²) in [6.45, 7) is 4.64. The van der Waals surface area contributed by atoms with Gasteiger partial charge in [-0.2, -0.15) is 4.98 Å². The van der Waals surface area contributed by atoms with Gasteiger partial charge in [-0.05, 0) is 74.2 Å². The smallest absolute Gasteiger partial charge is 0.345 e. The van der Waals surface area contributed by atoms with Crippen LogP contribution in [-0.2, 0) is 0 Å². The number of hydrogen-bond acceptors (Lipinski definition) is 4. The molecule has 0 saturated carbocycles. The van der Waals surface area contributed by atoms with Crippen molar-refractivity contribution in [2.45, 2.75) is 32.7 Å². The average Bonchev–Trinajstić information content (AvgIpc) is 3.15. The fourth-order valence-corrected chi connectivity index (χ4v) is 3.80. The molecule has 6 nitrogen and oxygen atoms in total. The third kappa shape index (κ3) is 3.78. The molecule has 1 saturated heterocycles. The van der Waals surface area contributed by atoms with Crippen LogP contribution < -0.4 is 5.69 Å². The van der Waals surface area contributed by atoms with Gasteiger partial charge in [0.25, 0.3) is 5.91 Å². The highest BCUT2D eigenvalue weighted by Gasteiger charge is 2.26. The van der Waals surface area contributed by atoms with Gasteiger partial charge < -0.3 is 15.0 Å². The summed E-state index contributed by atoms with van der Waals surface area (Å²) in [5.74, 6) is 0.212. The molecule has 29 heavy (non-hydrogen) atoms. The number of H-pyrrole nitrogens is 1. The number of amides is 1. The number of aromatic amines is 1. The van der Waals surface area contributed by atoms with E-state index < -0.39 is 5.69 Å². The zero-order valence-corrected chi connectivity index (χ0v) is 16.5. The summed E-state index contributed by atoms with van der Waals surface area (Å²) >= 11 is 0. The molecule has 1 aliphatic heterocycles. The zero-order chi connectivity index (χ0) is 20.5. The molecular formula is C23H23N3O3. The summed E-state index contributed by atoms with van der Waals surface area (Å²) < 4.78 is 0. The van der Waals surface area contributed by atoms with Gasteiger partial charge in [0, 0.05) is 23.7 Å². The first-order valence-electron chi connectivity index (χ1n) is 9.75. The normalized spacial score (nSPS) is 16.2. The van der Waals surface area contributed by atoms with Crippen LogP contribution in [0.1, 0.15) is 35.7 Å². The lowest BCUT2D eigenvalue weighted by molar-refractivity contribution is 0.0747. The second-order valence-electron chi connectivity index (χ2n) is 7.56. The number of rotatable bonds is 3. The van der Waals surface area contributed by atoms with Crippen LogP contribution in [0.2, 0.25) is 0 Å². The quantitative estimate of drug-likeness (QED) is 0.714. The largest absolute Gasteiger partial charge is 0.508 e. The van der Waals surface area contributed by atoms with Crippen molar-refractivity contribution in [2.75, 3.05) is 6.54 Å². The van der Waals surface area contributed by atoms with Crippen molar-refractivity contribution in [1.29, 1.82) is 0 Å². The van der Waals surface area contributed by atoms with Crippen molar-refractivity contribution in [1.82, 2.24) is 14.9 Å². The van der Waals surface area contributed by atoms with Gasteiger partial charge in [-0.25, -0.2) is 4.79 Å². The van der Waals surface area contributed by atoms with Gasteiger partial charge in [-0.15, -0.1) is 0 Å². The van der Waals surface area contributed by atoms with Gasteiger partial charge in [0.15, 0.2) is 0 Å². The SMILES string of the molecule is Cc1cc(-c2cc(-c3cccc(C(=O)N4CCCC4C)c3)nc(=O)[nH]2)ccc1O. The van der Waals surface area contributed by atoms with Gasteiger partial charge >= 0.3 is 5.69 Å². The number of aryl methyl sites for hydroxylation is 1. The molecule has 1 fully saturated rings. The van der Waals surface area contributed by atoms with E-state index >= 15 is 0 Å². The van der Waals surface area contributed by atoms with Gasteiger partial charge in [-0.1, -0.05) is 12.1 Å². The Morgan fingerprint density at radius 2 is 2.00 bits per heavy atom. The van der Waals surface area contributed by atoms with Crippen LogP contribution in [0.5, 0.6) is 5.75 Å². The molecule has 0 aliphatic carbocycles. The van der Waals surface area contributed by atoms with Crippen molar-refractivity contribution >= 4 is 5.91 Å². The van der Waals surface area contributed by atoms with E-state index in [0.29, 0.717) is 28.1 Å². The highest BCUT2D eigenvalue weighted by atomic mass is 16.3. The molecule has 1 aliphatic rings. The van der Waals surface area contributed by atoms with Crippen molar-refractivity contribution < 1.29 is 9.90 Å². The predicted molar refractivity (Wildman–Crippen MR) is 112 cm³/mol. The molecule has 1 unspecified atom stereocenters. The summed E-state index contributed by atoms with van der Waals surface area (Å²) in [7, 11) is 0. The van der Waals surface area contributed by atoms with Gasteiger partial charge in [0.1, 0.15) is 5.75 Å². The van der Waals surface area contributed by atoms with Gasteiger partial charge in [-0.3, -0.25) is 4.79 Å². The summed E-state index contributed by atoms with van der Waals surface area (Å²) in [5, 5.41) is 9.75. The van der Waals surface area contributed by atoms with E-state index in [-0.39, 0.29) is 17.7 Å². The number of aromatic hydroxyl groups is 1. The highest BCUT2D eigenvalue weighted by Crippen LogP contribution is 2.27. The zero-order valence-electron chi connectivity index (χ0n) is 16.5. The number of carbonyl (C=O) groups excluding carboxylic acids is 1. The number of carbonyl (C=O) groups is 1. The maximum absolute atomic E-state index is 12.9. The van der Waals surface area contributed by atoms with E-state index in [4.69, 9.17) is 0 Å². The number of aromatic nitrogens is 2. The topological polar surface area (TPSA) is 86.3 Å². The van der Waals surface area contributed by atoms with Crippen LogP contribution >= 0.6 is 0 Å². The van der Waals surface area contributed by atoms with Crippen LogP contribution in [0.3, 0.4) is 0 Å². The number of phenols is 1. The second-order valence-corrected chi connectivity index (χ2v) is 7.56. The van der Waals surface area contributed by atoms with Crippen molar-refractivity contribution in [2.24, 2.45) is 0 Å². The van der Waals surface area contributed by atoms with E-state index in [1.165, 1.54) is 0 Å². The third-order valence-corrected chi connectivity index (χ3v) is 5.47. The van der Waals surface area contributed by atoms with Crippen LogP contribution in [-0.4, -0.2) is 38.5 Å². The standard InChI is InChI=1S/C23H23N3O3/c1-14-11-17(8-9-21(14)27)20-13-19(24-23(29)25-20)16-6-3-7-18(12-16)22(28)26-10-4-5-15(26)2/h3,6-9,11-13,15,27H,4-5,10H2,1-2H3,(H,24,25,29). The van der Waals surface area contributed by atoms with Gasteiger partial charge in [0.05, 0.1) is 11.4 Å². The van der Waals surface area contributed by atoms with Crippen LogP contribution in [0, 0.1) is 6.92 Å². The number of nitrogens with zero attached hydrogens (tertiary/aromatic N) is 2. The minimum atomic E-state index is -0.465. The first-order valence-corrected chi connectivity index (χ1v) is 9.75. The van der Waals surface area contributed by atoms with Crippen molar-refractivity contribution in [3.05, 3.63) is 70.1 Å². The molecule has 4 rings (SSSR count). The number of phenolic OH excluding ortho intramolecular Hbond substituents is 1. The Hall–Kier alpha value is -3.41. The molecule has 1 atom stereocenters. The molecule has 1 amide bonds. The fraction of sp³-hybridized carbons (Fsp3) is 0.261. The third-order valence-electron chi connectivity index (χ3n) is 5.47. The molecule has 2 N–H and O–H groups in total. The Morgan fingerprint density at radius 3 is 2.72 bits per heavy atom. The lowest BCUT2D eigenvalue weighted by Gasteiger charge is -2.21. The van der Waals surface area contributed by atoms with Gasteiger partial charge in [0.2, 0.25) is 0 Å². The van der Waals surface area contributed by atoms with Crippen molar-refractivity contribution in [3.63, 3.8) is 0 Å². The molecule has 2 aromatic carbocycles. The molecule has 1 aromatic heterocycles. The number of hydrogen-bond donors (Lipinski definition) is 2. The maximum atomic E-state index is 12.9. The molecule has 0 bridgehead atoms. The monoisotopic (exact) mass is 389 g/mol. The first kappa shape index (κ1) is 18.9. The molecule has 0 spiro atoms. The van der Waals surface area contributed by atoms with Crippen molar-refractivity contribution in [3.8, 4) is 28.3 Å². The van der Waals surface area contributed by atoms with E-state index in [9.17, 15) is 14.7 Å².